The molecule has 0 radical (unpaired) electrons. The summed E-state index contributed by atoms with van der Waals surface area (Å²) in [6, 6.07) is 16.1. The maximum atomic E-state index is 5.86. The molecule has 0 aliphatic rings. The highest BCUT2D eigenvalue weighted by Crippen LogP contribution is 2.19. The second kappa shape index (κ2) is 8.32. The molecule has 3 nitrogen and oxygen atoms in total. The molecule has 0 amide bonds. The molecule has 0 heterocycles. The average Bonchev–Trinajstić information content (AvgIpc) is 2.53. The molecule has 0 aromatic heterocycles. The number of rotatable bonds is 8. The van der Waals surface area contributed by atoms with Crippen molar-refractivity contribution in [2.75, 3.05) is 13.2 Å². The SMILES string of the molecule is CCNCc1ccccc1COc1ccc(OCC)cc1. The molecule has 1 N–H and O–H groups in total. The zero-order valence-corrected chi connectivity index (χ0v) is 12.8. The van der Waals surface area contributed by atoms with E-state index in [2.05, 4.69) is 30.4 Å². The summed E-state index contributed by atoms with van der Waals surface area (Å²) < 4.78 is 11.3. The molecule has 0 fully saturated rings. The number of benzene rings is 2. The third-order valence-corrected chi connectivity index (χ3v) is 3.21. The van der Waals surface area contributed by atoms with Gasteiger partial charge in [-0.05, 0) is 48.9 Å². The molecule has 112 valence electrons. The van der Waals surface area contributed by atoms with Crippen LogP contribution in [0, 0.1) is 0 Å². The maximum absolute atomic E-state index is 5.86. The van der Waals surface area contributed by atoms with Crippen molar-refractivity contribution in [3.63, 3.8) is 0 Å². The summed E-state index contributed by atoms with van der Waals surface area (Å²) in [5, 5.41) is 3.35. The maximum Gasteiger partial charge on any atom is 0.120 e. The van der Waals surface area contributed by atoms with Crippen LogP contribution in [-0.2, 0) is 13.2 Å². The number of hydrogen-bond donors (Lipinski definition) is 1. The van der Waals surface area contributed by atoms with Gasteiger partial charge in [-0.25, -0.2) is 0 Å². The van der Waals surface area contributed by atoms with E-state index >= 15 is 0 Å². The van der Waals surface area contributed by atoms with Crippen molar-refractivity contribution >= 4 is 0 Å². The van der Waals surface area contributed by atoms with Crippen LogP contribution in [0.15, 0.2) is 48.5 Å². The summed E-state index contributed by atoms with van der Waals surface area (Å²) in [4.78, 5) is 0. The molecule has 0 unspecified atom stereocenters. The van der Waals surface area contributed by atoms with Gasteiger partial charge in [0, 0.05) is 6.54 Å². The third kappa shape index (κ3) is 4.80. The van der Waals surface area contributed by atoms with E-state index in [9.17, 15) is 0 Å². The Balaban J connectivity index is 1.96. The Hall–Kier alpha value is -2.00. The second-order valence-electron chi connectivity index (χ2n) is 4.74. The molecule has 0 atom stereocenters. The van der Waals surface area contributed by atoms with E-state index in [-0.39, 0.29) is 0 Å². The van der Waals surface area contributed by atoms with Gasteiger partial charge in [0.2, 0.25) is 0 Å². The van der Waals surface area contributed by atoms with Crippen LogP contribution in [0.3, 0.4) is 0 Å². The van der Waals surface area contributed by atoms with E-state index in [0.29, 0.717) is 13.2 Å². The highest BCUT2D eigenvalue weighted by Gasteiger charge is 2.03. The minimum Gasteiger partial charge on any atom is -0.494 e. The lowest BCUT2D eigenvalue weighted by atomic mass is 10.1. The standard InChI is InChI=1S/C18H23NO2/c1-3-19-13-15-7-5-6-8-16(15)14-21-18-11-9-17(10-12-18)20-4-2/h5-12,19H,3-4,13-14H2,1-2H3. The lowest BCUT2D eigenvalue weighted by Gasteiger charge is -2.12. The fourth-order valence-corrected chi connectivity index (χ4v) is 2.09. The van der Waals surface area contributed by atoms with E-state index in [1.165, 1.54) is 11.1 Å². The Bertz CT molecular complexity index is 537. The van der Waals surface area contributed by atoms with Gasteiger partial charge < -0.3 is 14.8 Å². The lowest BCUT2D eigenvalue weighted by molar-refractivity contribution is 0.302. The highest BCUT2D eigenvalue weighted by molar-refractivity contribution is 5.32. The first-order chi connectivity index (χ1) is 10.3. The van der Waals surface area contributed by atoms with Crippen LogP contribution >= 0.6 is 0 Å². The second-order valence-corrected chi connectivity index (χ2v) is 4.74. The molecule has 0 saturated heterocycles. The van der Waals surface area contributed by atoms with Crippen LogP contribution in [0.5, 0.6) is 11.5 Å². The predicted octanol–water partition coefficient (Wildman–Crippen LogP) is 3.77. The largest absolute Gasteiger partial charge is 0.494 e. The third-order valence-electron chi connectivity index (χ3n) is 3.21. The Morgan fingerprint density at radius 1 is 0.810 bits per heavy atom. The average molecular weight is 285 g/mol. The molecule has 21 heavy (non-hydrogen) atoms. The summed E-state index contributed by atoms with van der Waals surface area (Å²) in [6.45, 7) is 7.19. The number of ether oxygens (including phenoxy) is 2. The van der Waals surface area contributed by atoms with E-state index in [0.717, 1.165) is 24.6 Å². The summed E-state index contributed by atoms with van der Waals surface area (Å²) in [7, 11) is 0. The molecule has 0 aliphatic heterocycles. The van der Waals surface area contributed by atoms with Gasteiger partial charge in [0.25, 0.3) is 0 Å². The molecule has 0 aliphatic carbocycles. The molecule has 2 aromatic rings. The molecule has 0 bridgehead atoms. The van der Waals surface area contributed by atoms with Crippen molar-refractivity contribution < 1.29 is 9.47 Å². The van der Waals surface area contributed by atoms with E-state index in [4.69, 9.17) is 9.47 Å². The van der Waals surface area contributed by atoms with Crippen LogP contribution < -0.4 is 14.8 Å². The van der Waals surface area contributed by atoms with Crippen molar-refractivity contribution in [3.05, 3.63) is 59.7 Å². The fraction of sp³-hybridized carbons (Fsp3) is 0.333. The highest BCUT2D eigenvalue weighted by atomic mass is 16.5. The minimum absolute atomic E-state index is 0.579. The van der Waals surface area contributed by atoms with E-state index < -0.39 is 0 Å². The van der Waals surface area contributed by atoms with E-state index in [1.807, 2.05) is 37.3 Å². The van der Waals surface area contributed by atoms with Crippen molar-refractivity contribution in [2.24, 2.45) is 0 Å². The Morgan fingerprint density at radius 3 is 2.05 bits per heavy atom. The van der Waals surface area contributed by atoms with Gasteiger partial charge in [-0.15, -0.1) is 0 Å². The predicted molar refractivity (Wildman–Crippen MR) is 85.8 cm³/mol. The van der Waals surface area contributed by atoms with Gasteiger partial charge in [-0.1, -0.05) is 31.2 Å². The zero-order valence-electron chi connectivity index (χ0n) is 12.8. The van der Waals surface area contributed by atoms with Gasteiger partial charge >= 0.3 is 0 Å². The quantitative estimate of drug-likeness (QED) is 0.801. The Labute approximate surface area is 126 Å². The van der Waals surface area contributed by atoms with Gasteiger partial charge in [-0.2, -0.15) is 0 Å². The zero-order chi connectivity index (χ0) is 14.9. The van der Waals surface area contributed by atoms with Crippen LogP contribution in [-0.4, -0.2) is 13.2 Å². The van der Waals surface area contributed by atoms with Crippen LogP contribution in [0.1, 0.15) is 25.0 Å². The molecule has 2 aromatic carbocycles. The van der Waals surface area contributed by atoms with Crippen molar-refractivity contribution in [1.29, 1.82) is 0 Å². The molecule has 2 rings (SSSR count). The molecular formula is C18H23NO2. The first kappa shape index (κ1) is 15.4. The summed E-state index contributed by atoms with van der Waals surface area (Å²) in [5.41, 5.74) is 2.50. The monoisotopic (exact) mass is 285 g/mol. The van der Waals surface area contributed by atoms with Gasteiger partial charge in [-0.3, -0.25) is 0 Å². The summed E-state index contributed by atoms with van der Waals surface area (Å²) in [6.07, 6.45) is 0. The Kier molecular flexibility index (Phi) is 6.10. The lowest BCUT2D eigenvalue weighted by Crippen LogP contribution is -2.13. The van der Waals surface area contributed by atoms with Gasteiger partial charge in [0.15, 0.2) is 0 Å². The van der Waals surface area contributed by atoms with Gasteiger partial charge in [0.05, 0.1) is 6.61 Å². The summed E-state index contributed by atoms with van der Waals surface area (Å²) in [5.74, 6) is 1.73. The first-order valence-electron chi connectivity index (χ1n) is 7.46. The van der Waals surface area contributed by atoms with Crippen molar-refractivity contribution in [1.82, 2.24) is 5.32 Å². The number of nitrogens with one attached hydrogen (secondary N) is 1. The van der Waals surface area contributed by atoms with Crippen molar-refractivity contribution in [3.8, 4) is 11.5 Å². The molecule has 3 heteroatoms. The molecule has 0 saturated carbocycles. The molecule has 0 spiro atoms. The first-order valence-corrected chi connectivity index (χ1v) is 7.46. The van der Waals surface area contributed by atoms with Crippen LogP contribution in [0.4, 0.5) is 0 Å². The normalized spacial score (nSPS) is 10.4. The fourth-order valence-electron chi connectivity index (χ4n) is 2.09. The summed E-state index contributed by atoms with van der Waals surface area (Å²) >= 11 is 0. The topological polar surface area (TPSA) is 30.5 Å². The van der Waals surface area contributed by atoms with Gasteiger partial charge in [0.1, 0.15) is 18.1 Å². The van der Waals surface area contributed by atoms with Crippen LogP contribution in [0.25, 0.3) is 0 Å². The smallest absolute Gasteiger partial charge is 0.120 e. The Morgan fingerprint density at radius 2 is 1.43 bits per heavy atom. The number of hydrogen-bond acceptors (Lipinski definition) is 3. The van der Waals surface area contributed by atoms with Crippen molar-refractivity contribution in [2.45, 2.75) is 27.0 Å². The van der Waals surface area contributed by atoms with E-state index in [1.54, 1.807) is 0 Å². The van der Waals surface area contributed by atoms with Crippen LogP contribution in [0.2, 0.25) is 0 Å². The minimum atomic E-state index is 0.579. The molecular weight excluding hydrogens is 262 g/mol.